The molecule has 1 heterocycles. The van der Waals surface area contributed by atoms with Crippen LogP contribution in [-0.2, 0) is 9.53 Å². The number of aromatic amines is 1. The van der Waals surface area contributed by atoms with Gasteiger partial charge in [0, 0.05) is 11.4 Å². The second-order valence-electron chi connectivity index (χ2n) is 4.61. The fourth-order valence-electron chi connectivity index (χ4n) is 1.77. The van der Waals surface area contributed by atoms with Crippen LogP contribution in [0.25, 0.3) is 0 Å². The van der Waals surface area contributed by atoms with Crippen LogP contribution in [0.2, 0.25) is 0 Å². The van der Waals surface area contributed by atoms with Crippen molar-refractivity contribution in [2.75, 3.05) is 18.2 Å². The molecule has 0 atom stereocenters. The standard InChI is InChI=1S/C15H15N3O4S/c1-9-7-13(18-15(21)16-9)23-8-12(19)17-11-5-3-10(4-6-11)14(20)22-2/h3-7H,8H2,1-2H3,(H,17,19)(H,16,18,21). The highest BCUT2D eigenvalue weighted by atomic mass is 32.2. The van der Waals surface area contributed by atoms with Gasteiger partial charge in [-0.1, -0.05) is 11.8 Å². The van der Waals surface area contributed by atoms with Gasteiger partial charge < -0.3 is 15.0 Å². The number of amides is 1. The van der Waals surface area contributed by atoms with Gasteiger partial charge in [-0.05, 0) is 37.3 Å². The Kier molecular flexibility index (Phi) is 5.53. The molecule has 23 heavy (non-hydrogen) atoms. The monoisotopic (exact) mass is 333 g/mol. The average Bonchev–Trinajstić information content (AvgIpc) is 2.52. The molecule has 7 nitrogen and oxygen atoms in total. The molecule has 0 fully saturated rings. The van der Waals surface area contributed by atoms with E-state index < -0.39 is 11.7 Å². The number of anilines is 1. The van der Waals surface area contributed by atoms with E-state index in [1.807, 2.05) is 0 Å². The number of methoxy groups -OCH3 is 1. The van der Waals surface area contributed by atoms with E-state index >= 15 is 0 Å². The van der Waals surface area contributed by atoms with Gasteiger partial charge in [0.05, 0.1) is 18.4 Å². The molecule has 0 aliphatic carbocycles. The third kappa shape index (κ3) is 4.96. The smallest absolute Gasteiger partial charge is 0.346 e. The maximum absolute atomic E-state index is 11.9. The first-order valence-corrected chi connectivity index (χ1v) is 7.65. The fraction of sp³-hybridized carbons (Fsp3) is 0.200. The van der Waals surface area contributed by atoms with E-state index in [9.17, 15) is 14.4 Å². The SMILES string of the molecule is COC(=O)c1ccc(NC(=O)CSc2cc(C)[nH]c(=O)n2)cc1. The number of nitrogens with one attached hydrogen (secondary N) is 2. The van der Waals surface area contributed by atoms with Crippen molar-refractivity contribution in [2.45, 2.75) is 11.9 Å². The summed E-state index contributed by atoms with van der Waals surface area (Å²) in [5, 5.41) is 3.19. The topological polar surface area (TPSA) is 101 Å². The Hall–Kier alpha value is -2.61. The van der Waals surface area contributed by atoms with Crippen LogP contribution in [0.5, 0.6) is 0 Å². The Morgan fingerprint density at radius 3 is 2.61 bits per heavy atom. The predicted molar refractivity (Wildman–Crippen MR) is 86.7 cm³/mol. The van der Waals surface area contributed by atoms with Crippen molar-refractivity contribution in [3.05, 3.63) is 52.1 Å². The first-order valence-electron chi connectivity index (χ1n) is 6.67. The van der Waals surface area contributed by atoms with Gasteiger partial charge in [-0.3, -0.25) is 4.79 Å². The highest BCUT2D eigenvalue weighted by molar-refractivity contribution is 7.99. The first-order chi connectivity index (χ1) is 11.0. The van der Waals surface area contributed by atoms with Gasteiger partial charge in [0.15, 0.2) is 0 Å². The van der Waals surface area contributed by atoms with Crippen LogP contribution in [0.15, 0.2) is 40.2 Å². The number of hydrogen-bond acceptors (Lipinski definition) is 6. The second kappa shape index (κ2) is 7.59. The number of nitrogens with zero attached hydrogens (tertiary/aromatic N) is 1. The van der Waals surface area contributed by atoms with Crippen molar-refractivity contribution in [1.29, 1.82) is 0 Å². The summed E-state index contributed by atoms with van der Waals surface area (Å²) in [6, 6.07) is 8.06. The zero-order chi connectivity index (χ0) is 16.8. The summed E-state index contributed by atoms with van der Waals surface area (Å²) in [4.78, 5) is 40.8. The number of aromatic nitrogens is 2. The van der Waals surface area contributed by atoms with Crippen molar-refractivity contribution in [3.8, 4) is 0 Å². The molecule has 0 spiro atoms. The Morgan fingerprint density at radius 1 is 1.30 bits per heavy atom. The van der Waals surface area contributed by atoms with Crippen molar-refractivity contribution < 1.29 is 14.3 Å². The zero-order valence-electron chi connectivity index (χ0n) is 12.6. The Bertz CT molecular complexity index is 771. The summed E-state index contributed by atoms with van der Waals surface area (Å²) in [6.45, 7) is 1.75. The number of benzene rings is 1. The minimum Gasteiger partial charge on any atom is -0.465 e. The van der Waals surface area contributed by atoms with E-state index in [1.165, 1.54) is 18.9 Å². The summed E-state index contributed by atoms with van der Waals surface area (Å²) in [5.41, 5.74) is 1.22. The van der Waals surface area contributed by atoms with Crippen molar-refractivity contribution in [2.24, 2.45) is 0 Å². The predicted octanol–water partition coefficient (Wildman–Crippen LogP) is 1.60. The molecule has 8 heteroatoms. The van der Waals surface area contributed by atoms with Gasteiger partial charge in [0.2, 0.25) is 5.91 Å². The average molecular weight is 333 g/mol. The molecule has 1 amide bonds. The number of carbonyl (C=O) groups excluding carboxylic acids is 2. The minimum atomic E-state index is -0.439. The molecule has 2 N–H and O–H groups in total. The number of hydrogen-bond donors (Lipinski definition) is 2. The van der Waals surface area contributed by atoms with Crippen LogP contribution in [0, 0.1) is 6.92 Å². The molecule has 0 aliphatic rings. The van der Waals surface area contributed by atoms with Crippen molar-refractivity contribution in [1.82, 2.24) is 9.97 Å². The Balaban J connectivity index is 1.91. The van der Waals surface area contributed by atoms with E-state index in [4.69, 9.17) is 0 Å². The van der Waals surface area contributed by atoms with Gasteiger partial charge >= 0.3 is 11.7 Å². The number of rotatable bonds is 5. The largest absolute Gasteiger partial charge is 0.465 e. The lowest BCUT2D eigenvalue weighted by atomic mass is 10.2. The van der Waals surface area contributed by atoms with Crippen molar-refractivity contribution >= 4 is 29.3 Å². The van der Waals surface area contributed by atoms with Crippen LogP contribution in [-0.4, -0.2) is 34.7 Å². The summed E-state index contributed by atoms with van der Waals surface area (Å²) in [5.74, 6) is -0.552. The Labute approximate surface area is 136 Å². The van der Waals surface area contributed by atoms with E-state index in [1.54, 1.807) is 37.3 Å². The van der Waals surface area contributed by atoms with E-state index in [0.29, 0.717) is 22.0 Å². The van der Waals surface area contributed by atoms with Crippen LogP contribution in [0.3, 0.4) is 0 Å². The third-order valence-corrected chi connectivity index (χ3v) is 3.71. The van der Waals surface area contributed by atoms with Gasteiger partial charge in [0.1, 0.15) is 5.03 Å². The zero-order valence-corrected chi connectivity index (χ0v) is 13.4. The van der Waals surface area contributed by atoms with Gasteiger partial charge in [0.25, 0.3) is 0 Å². The molecule has 0 bridgehead atoms. The number of thioether (sulfide) groups is 1. The molecule has 0 aliphatic heterocycles. The molecule has 0 radical (unpaired) electrons. The molecule has 1 aromatic heterocycles. The summed E-state index contributed by atoms with van der Waals surface area (Å²) >= 11 is 1.17. The molecular formula is C15H15N3O4S. The molecule has 120 valence electrons. The second-order valence-corrected chi connectivity index (χ2v) is 5.61. The Morgan fingerprint density at radius 2 is 2.00 bits per heavy atom. The van der Waals surface area contributed by atoms with E-state index in [0.717, 1.165) is 0 Å². The van der Waals surface area contributed by atoms with Gasteiger partial charge in [-0.25, -0.2) is 9.59 Å². The minimum absolute atomic E-state index is 0.120. The van der Waals surface area contributed by atoms with Crippen LogP contribution in [0.4, 0.5) is 5.69 Å². The molecule has 2 rings (SSSR count). The number of carbonyl (C=O) groups is 2. The quantitative estimate of drug-likeness (QED) is 0.489. The fourth-order valence-corrected chi connectivity index (χ4v) is 2.53. The lowest BCUT2D eigenvalue weighted by Gasteiger charge is -2.06. The number of esters is 1. The van der Waals surface area contributed by atoms with E-state index in [-0.39, 0.29) is 11.7 Å². The summed E-state index contributed by atoms with van der Waals surface area (Å²) < 4.78 is 4.60. The van der Waals surface area contributed by atoms with Crippen LogP contribution < -0.4 is 11.0 Å². The highest BCUT2D eigenvalue weighted by Crippen LogP contribution is 2.15. The summed E-state index contributed by atoms with van der Waals surface area (Å²) in [7, 11) is 1.31. The maximum atomic E-state index is 11.9. The normalized spacial score (nSPS) is 10.2. The molecule has 0 saturated heterocycles. The summed E-state index contributed by atoms with van der Waals surface area (Å²) in [6.07, 6.45) is 0. The molecule has 0 saturated carbocycles. The molecule has 2 aromatic rings. The molecular weight excluding hydrogens is 318 g/mol. The molecule has 1 aromatic carbocycles. The first kappa shape index (κ1) is 16.8. The maximum Gasteiger partial charge on any atom is 0.346 e. The number of H-pyrrole nitrogens is 1. The number of aryl methyl sites for hydroxylation is 1. The van der Waals surface area contributed by atoms with Crippen LogP contribution >= 0.6 is 11.8 Å². The van der Waals surface area contributed by atoms with Gasteiger partial charge in [-0.2, -0.15) is 4.98 Å². The lowest BCUT2D eigenvalue weighted by Crippen LogP contribution is -2.16. The highest BCUT2D eigenvalue weighted by Gasteiger charge is 2.08. The van der Waals surface area contributed by atoms with Crippen molar-refractivity contribution in [3.63, 3.8) is 0 Å². The molecule has 0 unspecified atom stereocenters. The lowest BCUT2D eigenvalue weighted by molar-refractivity contribution is -0.113. The third-order valence-electron chi connectivity index (χ3n) is 2.80. The van der Waals surface area contributed by atoms with E-state index in [2.05, 4.69) is 20.0 Å². The van der Waals surface area contributed by atoms with Gasteiger partial charge in [-0.15, -0.1) is 0 Å². The number of ether oxygens (including phenoxy) is 1. The van der Waals surface area contributed by atoms with Crippen LogP contribution in [0.1, 0.15) is 16.1 Å².